The van der Waals surface area contributed by atoms with Crippen LogP contribution >= 0.6 is 0 Å². The van der Waals surface area contributed by atoms with E-state index in [9.17, 15) is 15.0 Å². The number of aliphatic hydroxyl groups is 2. The summed E-state index contributed by atoms with van der Waals surface area (Å²) in [7, 11) is 0. The van der Waals surface area contributed by atoms with E-state index in [0.29, 0.717) is 6.42 Å². The lowest BCUT2D eigenvalue weighted by Gasteiger charge is -2.20. The first-order valence-corrected chi connectivity index (χ1v) is 31.2. The summed E-state index contributed by atoms with van der Waals surface area (Å²) < 4.78 is 0. The fourth-order valence-corrected chi connectivity index (χ4v) is 9.50. The zero-order valence-electron chi connectivity index (χ0n) is 47.0. The van der Waals surface area contributed by atoms with Gasteiger partial charge in [-0.3, -0.25) is 4.79 Å². The molecule has 1 amide bonds. The first-order valence-electron chi connectivity index (χ1n) is 31.2. The lowest BCUT2D eigenvalue weighted by Crippen LogP contribution is -2.45. The van der Waals surface area contributed by atoms with Crippen LogP contribution in [0.25, 0.3) is 0 Å². The Morgan fingerprint density at radius 3 is 0.943 bits per heavy atom. The standard InChI is InChI=1S/C66H121NO3/c1-3-5-7-9-11-13-15-17-19-21-23-25-27-29-31-32-33-34-36-37-39-41-43-45-47-49-51-53-55-57-59-61-65(69)64(63-68)67-66(70)62-60-58-56-54-52-50-48-46-44-42-40-38-35-30-28-26-24-22-20-18-16-14-12-10-8-6-4-2/h6,8,12,14,18,20,24,26,30,35,59,61,64-65,68-69H,3-5,7,9-11,13,15-17,19,21-23,25,27-29,31-34,36-58,60,62-63H2,1-2H3,(H,67,70)/b8-6-,14-12-,20-18-,26-24-,35-30-,61-59+. The molecule has 4 nitrogen and oxygen atoms in total. The fourth-order valence-electron chi connectivity index (χ4n) is 9.50. The lowest BCUT2D eigenvalue weighted by molar-refractivity contribution is -0.123. The van der Waals surface area contributed by atoms with Gasteiger partial charge in [0.1, 0.15) is 0 Å². The van der Waals surface area contributed by atoms with E-state index in [2.05, 4.69) is 79.9 Å². The highest BCUT2D eigenvalue weighted by molar-refractivity contribution is 5.76. The van der Waals surface area contributed by atoms with Crippen LogP contribution < -0.4 is 5.32 Å². The van der Waals surface area contributed by atoms with Gasteiger partial charge >= 0.3 is 0 Å². The molecule has 0 bridgehead atoms. The minimum Gasteiger partial charge on any atom is -0.394 e. The smallest absolute Gasteiger partial charge is 0.220 e. The summed E-state index contributed by atoms with van der Waals surface area (Å²) in [6.07, 6.45) is 88.1. The predicted molar refractivity (Wildman–Crippen MR) is 313 cm³/mol. The maximum absolute atomic E-state index is 12.5. The molecule has 0 aliphatic carbocycles. The second kappa shape index (κ2) is 61.1. The Kier molecular flexibility index (Phi) is 59.2. The van der Waals surface area contributed by atoms with Crippen molar-refractivity contribution in [1.29, 1.82) is 0 Å². The minimum absolute atomic E-state index is 0.0660. The SMILES string of the molecule is CC/C=C\C/C=C\C/C=C\C/C=C\C/C=C\CCCCCCCCCCCCCC(=O)NC(CO)C(O)/C=C/CCCCCCCCCCCCCCCCCCCCCCCCCCCCCCC. The van der Waals surface area contributed by atoms with Gasteiger partial charge in [0, 0.05) is 6.42 Å². The molecule has 0 aliphatic rings. The molecule has 0 aromatic rings. The van der Waals surface area contributed by atoms with Gasteiger partial charge in [0.05, 0.1) is 18.8 Å². The summed E-state index contributed by atoms with van der Waals surface area (Å²) in [5, 5.41) is 23.2. The average Bonchev–Trinajstić information content (AvgIpc) is 3.36. The molecular formula is C66H121NO3. The molecule has 0 aliphatic heterocycles. The van der Waals surface area contributed by atoms with Gasteiger partial charge in [-0.05, 0) is 64.2 Å². The van der Waals surface area contributed by atoms with Crippen molar-refractivity contribution in [3.8, 4) is 0 Å². The Bertz CT molecular complexity index is 1200. The number of carbonyl (C=O) groups is 1. The van der Waals surface area contributed by atoms with Crippen LogP contribution in [0.1, 0.15) is 322 Å². The third kappa shape index (κ3) is 56.7. The van der Waals surface area contributed by atoms with Crippen LogP contribution in [0, 0.1) is 0 Å². The number of nitrogens with one attached hydrogen (secondary N) is 1. The molecule has 0 saturated carbocycles. The number of hydrogen-bond acceptors (Lipinski definition) is 3. The number of hydrogen-bond donors (Lipinski definition) is 3. The second-order valence-corrected chi connectivity index (χ2v) is 21.1. The van der Waals surface area contributed by atoms with Gasteiger partial charge in [0.2, 0.25) is 5.91 Å². The average molecular weight is 977 g/mol. The predicted octanol–water partition coefficient (Wildman–Crippen LogP) is 20.9. The largest absolute Gasteiger partial charge is 0.394 e. The molecular weight excluding hydrogens is 855 g/mol. The Labute approximate surface area is 438 Å². The minimum atomic E-state index is -0.846. The van der Waals surface area contributed by atoms with Crippen molar-refractivity contribution in [3.63, 3.8) is 0 Å². The Balaban J connectivity index is 3.49. The molecule has 0 radical (unpaired) electrons. The Morgan fingerprint density at radius 1 is 0.357 bits per heavy atom. The van der Waals surface area contributed by atoms with E-state index in [0.717, 1.165) is 57.8 Å². The maximum atomic E-state index is 12.5. The molecule has 70 heavy (non-hydrogen) atoms. The van der Waals surface area contributed by atoms with Gasteiger partial charge in [-0.25, -0.2) is 0 Å². The molecule has 0 aromatic heterocycles. The van der Waals surface area contributed by atoms with E-state index in [1.165, 1.54) is 244 Å². The van der Waals surface area contributed by atoms with E-state index >= 15 is 0 Å². The van der Waals surface area contributed by atoms with E-state index in [1.54, 1.807) is 6.08 Å². The number of allylic oxidation sites excluding steroid dienone is 11. The van der Waals surface area contributed by atoms with Crippen LogP contribution in [-0.2, 0) is 4.79 Å². The molecule has 2 unspecified atom stereocenters. The molecule has 0 spiro atoms. The van der Waals surface area contributed by atoms with Crippen LogP contribution in [0.2, 0.25) is 0 Å². The van der Waals surface area contributed by atoms with Crippen LogP contribution in [0.15, 0.2) is 72.9 Å². The van der Waals surface area contributed by atoms with Gasteiger partial charge in [-0.1, -0.05) is 324 Å². The summed E-state index contributed by atoms with van der Waals surface area (Å²) in [5.74, 6) is -0.0660. The van der Waals surface area contributed by atoms with Gasteiger partial charge in [0.25, 0.3) is 0 Å². The highest BCUT2D eigenvalue weighted by Gasteiger charge is 2.18. The van der Waals surface area contributed by atoms with E-state index < -0.39 is 12.1 Å². The maximum Gasteiger partial charge on any atom is 0.220 e. The van der Waals surface area contributed by atoms with Crippen molar-refractivity contribution in [3.05, 3.63) is 72.9 Å². The summed E-state index contributed by atoms with van der Waals surface area (Å²) in [6.45, 7) is 4.22. The number of amides is 1. The monoisotopic (exact) mass is 976 g/mol. The van der Waals surface area contributed by atoms with Crippen molar-refractivity contribution in [2.24, 2.45) is 0 Å². The zero-order valence-corrected chi connectivity index (χ0v) is 47.0. The van der Waals surface area contributed by atoms with Crippen molar-refractivity contribution in [2.45, 2.75) is 334 Å². The fraction of sp³-hybridized carbons (Fsp3) is 0.803. The quantitative estimate of drug-likeness (QED) is 0.0420. The van der Waals surface area contributed by atoms with Crippen LogP contribution in [0.4, 0.5) is 0 Å². The van der Waals surface area contributed by atoms with Gasteiger partial charge in [0.15, 0.2) is 0 Å². The van der Waals surface area contributed by atoms with E-state index in [4.69, 9.17) is 0 Å². The summed E-state index contributed by atoms with van der Waals surface area (Å²) in [4.78, 5) is 12.5. The molecule has 0 rings (SSSR count). The summed E-state index contributed by atoms with van der Waals surface area (Å²) >= 11 is 0. The number of carbonyl (C=O) groups excluding carboxylic acids is 1. The first kappa shape index (κ1) is 67.8. The molecule has 0 heterocycles. The van der Waals surface area contributed by atoms with Crippen molar-refractivity contribution in [1.82, 2.24) is 5.32 Å². The molecule has 0 saturated heterocycles. The molecule has 4 heteroatoms. The second-order valence-electron chi connectivity index (χ2n) is 21.1. The zero-order chi connectivity index (χ0) is 50.6. The number of rotatable bonds is 57. The first-order chi connectivity index (χ1) is 34.7. The highest BCUT2D eigenvalue weighted by atomic mass is 16.3. The van der Waals surface area contributed by atoms with E-state index in [-0.39, 0.29) is 12.5 Å². The van der Waals surface area contributed by atoms with Gasteiger partial charge in [-0.15, -0.1) is 0 Å². The van der Waals surface area contributed by atoms with Crippen LogP contribution in [-0.4, -0.2) is 34.9 Å². The third-order valence-electron chi connectivity index (χ3n) is 14.2. The van der Waals surface area contributed by atoms with Crippen molar-refractivity contribution in [2.75, 3.05) is 6.61 Å². The topological polar surface area (TPSA) is 69.6 Å². The van der Waals surface area contributed by atoms with Crippen molar-refractivity contribution >= 4 is 5.91 Å². The number of aliphatic hydroxyl groups excluding tert-OH is 2. The normalized spacial score (nSPS) is 13.3. The highest BCUT2D eigenvalue weighted by Crippen LogP contribution is 2.18. The molecule has 408 valence electrons. The summed E-state index contributed by atoms with van der Waals surface area (Å²) in [6, 6.07) is -0.629. The molecule has 3 N–H and O–H groups in total. The molecule has 0 fully saturated rings. The molecule has 0 aromatic carbocycles. The van der Waals surface area contributed by atoms with Crippen LogP contribution in [0.5, 0.6) is 0 Å². The van der Waals surface area contributed by atoms with Gasteiger partial charge < -0.3 is 15.5 Å². The van der Waals surface area contributed by atoms with E-state index in [1.807, 2.05) is 6.08 Å². The summed E-state index contributed by atoms with van der Waals surface area (Å²) in [5.41, 5.74) is 0. The Morgan fingerprint density at radius 2 is 0.629 bits per heavy atom. The van der Waals surface area contributed by atoms with Crippen molar-refractivity contribution < 1.29 is 15.0 Å². The van der Waals surface area contributed by atoms with Gasteiger partial charge in [-0.2, -0.15) is 0 Å². The molecule has 2 atom stereocenters. The lowest BCUT2D eigenvalue weighted by atomic mass is 10.0. The third-order valence-corrected chi connectivity index (χ3v) is 14.2. The number of unbranched alkanes of at least 4 members (excludes halogenated alkanes) is 40. The Hall–Kier alpha value is -2.17. The van der Waals surface area contributed by atoms with Crippen LogP contribution in [0.3, 0.4) is 0 Å².